The van der Waals surface area contributed by atoms with Crippen LogP contribution in [0, 0.1) is 0 Å². The van der Waals surface area contributed by atoms with Crippen molar-refractivity contribution in [2.24, 2.45) is 0 Å². The molecule has 0 aliphatic carbocycles. The number of ether oxygens (including phenoxy) is 1. The van der Waals surface area contributed by atoms with Crippen LogP contribution in [0.3, 0.4) is 0 Å². The van der Waals surface area contributed by atoms with Gasteiger partial charge in [-0.2, -0.15) is 0 Å². The van der Waals surface area contributed by atoms with Gasteiger partial charge in [-0.25, -0.2) is 4.79 Å². The first-order valence-corrected chi connectivity index (χ1v) is 10.0. The van der Waals surface area contributed by atoms with Crippen LogP contribution in [0.15, 0.2) is 41.8 Å². The van der Waals surface area contributed by atoms with Gasteiger partial charge in [0.05, 0.1) is 6.54 Å². The summed E-state index contributed by atoms with van der Waals surface area (Å²) in [5.74, 6) is 0.870. The third-order valence-electron chi connectivity index (χ3n) is 4.56. The van der Waals surface area contributed by atoms with Crippen molar-refractivity contribution >= 4 is 23.3 Å². The van der Waals surface area contributed by atoms with Gasteiger partial charge in [-0.05, 0) is 35.6 Å². The standard InChI is InChI=1S/C20H25N3O3S/c1-22(12-13-26-17-5-3-2-4-6-17)20(25)21-10-7-19(24)23-11-8-18-16(15-23)9-14-27-18/h2-6,9,14H,7-8,10-13,15H2,1H3,(H,21,25). The van der Waals surface area contributed by atoms with Gasteiger partial charge in [-0.3, -0.25) is 4.79 Å². The molecule has 0 radical (unpaired) electrons. The number of hydrogen-bond acceptors (Lipinski definition) is 4. The van der Waals surface area contributed by atoms with Gasteiger partial charge < -0.3 is 19.9 Å². The van der Waals surface area contributed by atoms with Crippen LogP contribution in [0.4, 0.5) is 4.79 Å². The summed E-state index contributed by atoms with van der Waals surface area (Å²) < 4.78 is 5.59. The molecule has 1 aliphatic heterocycles. The fraction of sp³-hybridized carbons (Fsp3) is 0.400. The second-order valence-electron chi connectivity index (χ2n) is 6.50. The number of amides is 3. The summed E-state index contributed by atoms with van der Waals surface area (Å²) in [5, 5.41) is 4.88. The number of likely N-dealkylation sites (N-methyl/N-ethyl adjacent to an activating group) is 1. The van der Waals surface area contributed by atoms with Crippen molar-refractivity contribution in [1.29, 1.82) is 0 Å². The van der Waals surface area contributed by atoms with Crippen molar-refractivity contribution in [1.82, 2.24) is 15.1 Å². The molecule has 6 nitrogen and oxygen atoms in total. The highest BCUT2D eigenvalue weighted by molar-refractivity contribution is 7.10. The first-order chi connectivity index (χ1) is 13.1. The normalized spacial score (nSPS) is 13.0. The number of nitrogens with one attached hydrogen (secondary N) is 1. The smallest absolute Gasteiger partial charge is 0.317 e. The number of urea groups is 1. The number of thiophene rings is 1. The quantitative estimate of drug-likeness (QED) is 0.795. The predicted molar refractivity (Wildman–Crippen MR) is 106 cm³/mol. The van der Waals surface area contributed by atoms with Crippen molar-refractivity contribution in [2.75, 3.05) is 33.3 Å². The van der Waals surface area contributed by atoms with Crippen LogP contribution in [0.25, 0.3) is 0 Å². The Hall–Kier alpha value is -2.54. The van der Waals surface area contributed by atoms with E-state index in [1.165, 1.54) is 10.4 Å². The van der Waals surface area contributed by atoms with Crippen molar-refractivity contribution in [3.05, 3.63) is 52.2 Å². The molecule has 1 aliphatic rings. The van der Waals surface area contributed by atoms with E-state index in [2.05, 4.69) is 16.8 Å². The van der Waals surface area contributed by atoms with E-state index in [0.717, 1.165) is 18.7 Å². The zero-order valence-electron chi connectivity index (χ0n) is 15.5. The van der Waals surface area contributed by atoms with Crippen LogP contribution in [0.5, 0.6) is 5.75 Å². The van der Waals surface area contributed by atoms with E-state index in [9.17, 15) is 9.59 Å². The summed E-state index contributed by atoms with van der Waals surface area (Å²) in [4.78, 5) is 29.3. The minimum Gasteiger partial charge on any atom is -0.492 e. The van der Waals surface area contributed by atoms with Gasteiger partial charge in [-0.15, -0.1) is 11.3 Å². The average molecular weight is 388 g/mol. The van der Waals surface area contributed by atoms with Crippen molar-refractivity contribution < 1.29 is 14.3 Å². The van der Waals surface area contributed by atoms with Gasteiger partial charge in [0.15, 0.2) is 0 Å². The molecular formula is C20H25N3O3S. The average Bonchev–Trinajstić information content (AvgIpc) is 3.16. The van der Waals surface area contributed by atoms with E-state index < -0.39 is 0 Å². The molecule has 1 N–H and O–H groups in total. The number of para-hydroxylation sites is 1. The molecule has 144 valence electrons. The first-order valence-electron chi connectivity index (χ1n) is 9.13. The lowest BCUT2D eigenvalue weighted by molar-refractivity contribution is -0.131. The molecule has 0 spiro atoms. The Kier molecular flexibility index (Phi) is 6.70. The minimum atomic E-state index is -0.196. The molecule has 0 bridgehead atoms. The summed E-state index contributed by atoms with van der Waals surface area (Å²) in [6, 6.07) is 11.4. The maximum atomic E-state index is 12.4. The van der Waals surface area contributed by atoms with Crippen molar-refractivity contribution in [2.45, 2.75) is 19.4 Å². The van der Waals surface area contributed by atoms with E-state index in [-0.39, 0.29) is 11.9 Å². The van der Waals surface area contributed by atoms with Gasteiger partial charge in [0, 0.05) is 38.0 Å². The van der Waals surface area contributed by atoms with Gasteiger partial charge in [0.1, 0.15) is 12.4 Å². The molecular weight excluding hydrogens is 362 g/mol. The lowest BCUT2D eigenvalue weighted by Crippen LogP contribution is -2.42. The lowest BCUT2D eigenvalue weighted by atomic mass is 10.1. The molecule has 1 aromatic heterocycles. The van der Waals surface area contributed by atoms with Crippen LogP contribution in [-0.2, 0) is 17.8 Å². The minimum absolute atomic E-state index is 0.0854. The monoisotopic (exact) mass is 387 g/mol. The van der Waals surface area contributed by atoms with Crippen LogP contribution < -0.4 is 10.1 Å². The Morgan fingerprint density at radius 1 is 1.26 bits per heavy atom. The molecule has 7 heteroatoms. The van der Waals surface area contributed by atoms with Crippen LogP contribution in [0.2, 0.25) is 0 Å². The Balaban J connectivity index is 1.32. The lowest BCUT2D eigenvalue weighted by Gasteiger charge is -2.27. The Morgan fingerprint density at radius 2 is 2.07 bits per heavy atom. The molecule has 3 rings (SSSR count). The van der Waals surface area contributed by atoms with Crippen LogP contribution in [0.1, 0.15) is 16.9 Å². The number of hydrogen-bond donors (Lipinski definition) is 1. The predicted octanol–water partition coefficient (Wildman–Crippen LogP) is 2.74. The van der Waals surface area contributed by atoms with E-state index in [1.807, 2.05) is 35.2 Å². The van der Waals surface area contributed by atoms with Crippen molar-refractivity contribution in [3.63, 3.8) is 0 Å². The zero-order valence-corrected chi connectivity index (χ0v) is 16.3. The highest BCUT2D eigenvalue weighted by atomic mass is 32.1. The fourth-order valence-electron chi connectivity index (χ4n) is 2.95. The van der Waals surface area contributed by atoms with E-state index in [1.54, 1.807) is 23.3 Å². The van der Waals surface area contributed by atoms with E-state index >= 15 is 0 Å². The molecule has 3 amide bonds. The molecule has 0 atom stereocenters. The SMILES string of the molecule is CN(CCOc1ccccc1)C(=O)NCCC(=O)N1CCc2sccc2C1. The maximum Gasteiger partial charge on any atom is 0.317 e. The number of benzene rings is 1. The maximum absolute atomic E-state index is 12.4. The number of rotatable bonds is 7. The third-order valence-corrected chi connectivity index (χ3v) is 5.58. The van der Waals surface area contributed by atoms with Gasteiger partial charge in [0.25, 0.3) is 0 Å². The van der Waals surface area contributed by atoms with Gasteiger partial charge >= 0.3 is 6.03 Å². The number of carbonyl (C=O) groups is 2. The molecule has 0 fully saturated rings. The molecule has 2 aromatic rings. The molecule has 0 saturated carbocycles. The second-order valence-corrected chi connectivity index (χ2v) is 7.50. The largest absolute Gasteiger partial charge is 0.492 e. The summed E-state index contributed by atoms with van der Waals surface area (Å²) >= 11 is 1.76. The highest BCUT2D eigenvalue weighted by Gasteiger charge is 2.21. The number of nitrogens with zero attached hydrogens (tertiary/aromatic N) is 2. The van der Waals surface area contributed by atoms with Gasteiger partial charge in [0.2, 0.25) is 5.91 Å². The number of carbonyl (C=O) groups excluding carboxylic acids is 2. The molecule has 27 heavy (non-hydrogen) atoms. The number of fused-ring (bicyclic) bond motifs is 1. The Bertz CT molecular complexity index is 763. The first kappa shape index (κ1) is 19.2. The summed E-state index contributed by atoms with van der Waals surface area (Å²) in [7, 11) is 1.72. The Morgan fingerprint density at radius 3 is 2.89 bits per heavy atom. The van der Waals surface area contributed by atoms with Crippen LogP contribution in [-0.4, -0.2) is 55.0 Å². The second kappa shape index (κ2) is 9.41. The Labute approximate surface area is 163 Å². The molecule has 0 saturated heterocycles. The molecule has 1 aromatic carbocycles. The summed E-state index contributed by atoms with van der Waals surface area (Å²) in [5.41, 5.74) is 1.25. The third kappa shape index (κ3) is 5.47. The fourth-order valence-corrected chi connectivity index (χ4v) is 3.84. The molecule has 0 unspecified atom stereocenters. The van der Waals surface area contributed by atoms with E-state index in [4.69, 9.17) is 4.74 Å². The topological polar surface area (TPSA) is 61.9 Å². The van der Waals surface area contributed by atoms with Gasteiger partial charge in [-0.1, -0.05) is 18.2 Å². The molecule has 2 heterocycles. The van der Waals surface area contributed by atoms with Crippen molar-refractivity contribution in [3.8, 4) is 5.75 Å². The summed E-state index contributed by atoms with van der Waals surface area (Å²) in [6.07, 6.45) is 1.24. The zero-order chi connectivity index (χ0) is 19.1. The van der Waals surface area contributed by atoms with Crippen LogP contribution >= 0.6 is 11.3 Å². The van der Waals surface area contributed by atoms with E-state index in [0.29, 0.717) is 32.7 Å². The highest BCUT2D eigenvalue weighted by Crippen LogP contribution is 2.24. The summed E-state index contributed by atoms with van der Waals surface area (Å²) in [6.45, 7) is 2.68.